The van der Waals surface area contributed by atoms with Gasteiger partial charge in [-0.05, 0) is 19.4 Å². The number of thiazole rings is 1. The molecule has 0 saturated heterocycles. The second-order valence-electron chi connectivity index (χ2n) is 3.57. The van der Waals surface area contributed by atoms with Gasteiger partial charge < -0.3 is 4.74 Å². The van der Waals surface area contributed by atoms with Gasteiger partial charge in [0.25, 0.3) is 0 Å². The van der Waals surface area contributed by atoms with E-state index < -0.39 is 0 Å². The highest BCUT2D eigenvalue weighted by molar-refractivity contribution is 7.13. The van der Waals surface area contributed by atoms with Crippen molar-refractivity contribution >= 4 is 17.3 Å². The number of hydrogen-bond donors (Lipinski definition) is 0. The van der Waals surface area contributed by atoms with E-state index in [0.29, 0.717) is 12.3 Å². The molecule has 2 rings (SSSR count). The fourth-order valence-electron chi connectivity index (χ4n) is 1.51. The van der Waals surface area contributed by atoms with Crippen LogP contribution in [0.3, 0.4) is 0 Å². The summed E-state index contributed by atoms with van der Waals surface area (Å²) in [5, 5.41) is 2.59. The smallest absolute Gasteiger partial charge is 0.357 e. The molecule has 1 heterocycles. The van der Waals surface area contributed by atoms with Crippen LogP contribution in [0.5, 0.6) is 0 Å². The second-order valence-corrected chi connectivity index (χ2v) is 4.43. The van der Waals surface area contributed by atoms with E-state index in [9.17, 15) is 4.79 Å². The summed E-state index contributed by atoms with van der Waals surface area (Å²) < 4.78 is 4.91. The Bertz CT molecular complexity index is 534. The summed E-state index contributed by atoms with van der Waals surface area (Å²) in [6, 6.07) is 7.98. The molecular formula is C13H13NO2S. The van der Waals surface area contributed by atoms with Gasteiger partial charge in [0, 0.05) is 10.9 Å². The minimum Gasteiger partial charge on any atom is -0.461 e. The molecule has 0 atom stereocenters. The predicted octanol–water partition coefficient (Wildman–Crippen LogP) is 3.30. The first-order valence-electron chi connectivity index (χ1n) is 5.41. The van der Waals surface area contributed by atoms with Gasteiger partial charge >= 0.3 is 5.97 Å². The largest absolute Gasteiger partial charge is 0.461 e. The van der Waals surface area contributed by atoms with Crippen LogP contribution in [0, 0.1) is 6.92 Å². The first-order valence-corrected chi connectivity index (χ1v) is 6.29. The van der Waals surface area contributed by atoms with E-state index in [-0.39, 0.29) is 5.97 Å². The van der Waals surface area contributed by atoms with Crippen molar-refractivity contribution in [3.05, 3.63) is 40.9 Å². The average molecular weight is 247 g/mol. The van der Waals surface area contributed by atoms with Gasteiger partial charge in [0.05, 0.1) is 6.61 Å². The number of aromatic nitrogens is 1. The number of carbonyl (C=O) groups is 1. The monoisotopic (exact) mass is 247 g/mol. The van der Waals surface area contributed by atoms with Gasteiger partial charge in [0.2, 0.25) is 0 Å². The van der Waals surface area contributed by atoms with Crippen LogP contribution in [0.2, 0.25) is 0 Å². The van der Waals surface area contributed by atoms with Crippen molar-refractivity contribution in [3.8, 4) is 10.6 Å². The number of ether oxygens (including phenoxy) is 1. The number of nitrogens with zero attached hydrogens (tertiary/aromatic N) is 1. The zero-order valence-electron chi connectivity index (χ0n) is 9.77. The molecule has 0 amide bonds. The summed E-state index contributed by atoms with van der Waals surface area (Å²) in [6.07, 6.45) is 0. The maximum Gasteiger partial charge on any atom is 0.357 e. The molecule has 0 spiro atoms. The molecule has 1 aromatic carbocycles. The molecule has 4 heteroatoms. The van der Waals surface area contributed by atoms with Gasteiger partial charge in [-0.2, -0.15) is 0 Å². The summed E-state index contributed by atoms with van der Waals surface area (Å²) in [7, 11) is 0. The molecule has 0 bridgehead atoms. The molecule has 17 heavy (non-hydrogen) atoms. The van der Waals surface area contributed by atoms with Gasteiger partial charge in [-0.25, -0.2) is 9.78 Å². The average Bonchev–Trinajstić information content (AvgIpc) is 2.79. The highest BCUT2D eigenvalue weighted by Crippen LogP contribution is 2.26. The molecule has 0 fully saturated rings. The Hall–Kier alpha value is -1.68. The summed E-state index contributed by atoms with van der Waals surface area (Å²) in [5.74, 6) is -0.358. The van der Waals surface area contributed by atoms with Gasteiger partial charge in [0.15, 0.2) is 5.69 Å². The second kappa shape index (κ2) is 5.10. The van der Waals surface area contributed by atoms with Gasteiger partial charge in [-0.1, -0.05) is 24.3 Å². The van der Waals surface area contributed by atoms with E-state index in [2.05, 4.69) is 4.98 Å². The lowest BCUT2D eigenvalue weighted by Gasteiger charge is -2.00. The molecular weight excluding hydrogens is 234 g/mol. The normalized spacial score (nSPS) is 10.2. The van der Waals surface area contributed by atoms with Crippen LogP contribution in [0.25, 0.3) is 10.6 Å². The molecule has 88 valence electrons. The Labute approximate surface area is 104 Å². The van der Waals surface area contributed by atoms with Crippen molar-refractivity contribution in [2.24, 2.45) is 0 Å². The molecule has 0 N–H and O–H groups in total. The lowest BCUT2D eigenvalue weighted by atomic mass is 10.1. The Morgan fingerprint density at radius 1 is 1.41 bits per heavy atom. The molecule has 0 aliphatic rings. The third-order valence-electron chi connectivity index (χ3n) is 2.36. The van der Waals surface area contributed by atoms with Crippen LogP contribution in [0.15, 0.2) is 29.6 Å². The fourth-order valence-corrected chi connectivity index (χ4v) is 2.39. The highest BCUT2D eigenvalue weighted by Gasteiger charge is 2.13. The number of carbonyl (C=O) groups excluding carboxylic acids is 1. The Morgan fingerprint density at radius 2 is 2.18 bits per heavy atom. The lowest BCUT2D eigenvalue weighted by Crippen LogP contribution is -2.04. The van der Waals surface area contributed by atoms with Crippen molar-refractivity contribution in [3.63, 3.8) is 0 Å². The van der Waals surface area contributed by atoms with Gasteiger partial charge in [0.1, 0.15) is 5.01 Å². The first-order chi connectivity index (χ1) is 8.22. The summed E-state index contributed by atoms with van der Waals surface area (Å²) in [6.45, 7) is 4.18. The third-order valence-corrected chi connectivity index (χ3v) is 3.24. The molecule has 1 aromatic heterocycles. The van der Waals surface area contributed by atoms with Crippen LogP contribution in [0.4, 0.5) is 0 Å². The van der Waals surface area contributed by atoms with Crippen molar-refractivity contribution in [1.29, 1.82) is 0 Å². The Balaban J connectivity index is 2.30. The number of rotatable bonds is 3. The fraction of sp³-hybridized carbons (Fsp3) is 0.231. The minimum atomic E-state index is -0.358. The Kier molecular flexibility index (Phi) is 3.54. The van der Waals surface area contributed by atoms with Crippen molar-refractivity contribution in [2.45, 2.75) is 13.8 Å². The van der Waals surface area contributed by atoms with Crippen molar-refractivity contribution < 1.29 is 9.53 Å². The topological polar surface area (TPSA) is 39.2 Å². The minimum absolute atomic E-state index is 0.358. The SMILES string of the molecule is CCOC(=O)c1csc(-c2ccccc2C)n1. The zero-order valence-corrected chi connectivity index (χ0v) is 10.6. The first kappa shape index (κ1) is 11.8. The molecule has 3 nitrogen and oxygen atoms in total. The van der Waals surface area contributed by atoms with E-state index in [1.807, 2.05) is 31.2 Å². The van der Waals surface area contributed by atoms with E-state index >= 15 is 0 Å². The number of hydrogen-bond acceptors (Lipinski definition) is 4. The number of aryl methyl sites for hydroxylation is 1. The molecule has 0 saturated carbocycles. The third kappa shape index (κ3) is 2.53. The molecule has 2 aromatic rings. The highest BCUT2D eigenvalue weighted by atomic mass is 32.1. The van der Waals surface area contributed by atoms with Crippen molar-refractivity contribution in [1.82, 2.24) is 4.98 Å². The van der Waals surface area contributed by atoms with Crippen molar-refractivity contribution in [2.75, 3.05) is 6.61 Å². The molecule has 0 aliphatic carbocycles. The Morgan fingerprint density at radius 3 is 2.88 bits per heavy atom. The van der Waals surface area contributed by atoms with Gasteiger partial charge in [-0.15, -0.1) is 11.3 Å². The van der Waals surface area contributed by atoms with Crippen LogP contribution < -0.4 is 0 Å². The molecule has 0 radical (unpaired) electrons. The molecule has 0 unspecified atom stereocenters. The predicted molar refractivity (Wildman–Crippen MR) is 68.2 cm³/mol. The number of benzene rings is 1. The maximum absolute atomic E-state index is 11.5. The van der Waals surface area contributed by atoms with E-state index in [0.717, 1.165) is 16.1 Å². The summed E-state index contributed by atoms with van der Waals surface area (Å²) in [5.41, 5.74) is 2.60. The van der Waals surface area contributed by atoms with E-state index in [4.69, 9.17) is 4.74 Å². The standard InChI is InChI=1S/C13H13NO2S/c1-3-16-13(15)11-8-17-12(14-11)10-7-5-4-6-9(10)2/h4-8H,3H2,1-2H3. The number of esters is 1. The summed E-state index contributed by atoms with van der Waals surface area (Å²) in [4.78, 5) is 15.8. The quantitative estimate of drug-likeness (QED) is 0.781. The maximum atomic E-state index is 11.5. The molecule has 0 aliphatic heterocycles. The van der Waals surface area contributed by atoms with Crippen LogP contribution in [-0.2, 0) is 4.74 Å². The van der Waals surface area contributed by atoms with Crippen LogP contribution in [0.1, 0.15) is 23.0 Å². The zero-order chi connectivity index (χ0) is 12.3. The van der Waals surface area contributed by atoms with Crippen LogP contribution >= 0.6 is 11.3 Å². The van der Waals surface area contributed by atoms with E-state index in [1.165, 1.54) is 11.3 Å². The summed E-state index contributed by atoms with van der Waals surface area (Å²) >= 11 is 1.46. The lowest BCUT2D eigenvalue weighted by molar-refractivity contribution is 0.0520. The van der Waals surface area contributed by atoms with Gasteiger partial charge in [-0.3, -0.25) is 0 Å². The van der Waals surface area contributed by atoms with Crippen LogP contribution in [-0.4, -0.2) is 17.6 Å². The van der Waals surface area contributed by atoms with E-state index in [1.54, 1.807) is 12.3 Å².